The maximum Gasteiger partial charge on any atom is 0.0203 e. The van der Waals surface area contributed by atoms with Crippen LogP contribution in [-0.4, -0.2) is 0 Å². The largest absolute Gasteiger partial charge is 0.0654 e. The fourth-order valence-electron chi connectivity index (χ4n) is 5.87. The lowest BCUT2D eigenvalue weighted by Crippen LogP contribution is -2.33. The highest BCUT2D eigenvalue weighted by molar-refractivity contribution is 5.43. The lowest BCUT2D eigenvalue weighted by atomic mass is 9.62. The number of benzene rings is 2. The van der Waals surface area contributed by atoms with Crippen molar-refractivity contribution in [1.82, 2.24) is 0 Å². The Kier molecular flexibility index (Phi) is 9.69. The first-order valence-electron chi connectivity index (χ1n) is 13.4. The molecule has 2 aromatic rings. The Labute approximate surface area is 192 Å². The second kappa shape index (κ2) is 12.5. The molecule has 1 aliphatic rings. The lowest BCUT2D eigenvalue weighted by Gasteiger charge is -2.42. The van der Waals surface area contributed by atoms with Crippen molar-refractivity contribution in [2.75, 3.05) is 0 Å². The Morgan fingerprint density at radius 2 is 1.23 bits per heavy atom. The van der Waals surface area contributed by atoms with E-state index in [0.29, 0.717) is 0 Å². The molecule has 0 spiro atoms. The van der Waals surface area contributed by atoms with Gasteiger partial charge in [-0.1, -0.05) is 121 Å². The lowest BCUT2D eigenvalue weighted by molar-refractivity contribution is 0.250. The van der Waals surface area contributed by atoms with Crippen LogP contribution in [0.15, 0.2) is 48.5 Å². The summed E-state index contributed by atoms with van der Waals surface area (Å²) < 4.78 is 0. The average Bonchev–Trinajstić information content (AvgIpc) is 2.80. The predicted molar refractivity (Wildman–Crippen MR) is 137 cm³/mol. The molecule has 0 saturated heterocycles. The number of hydrogen-bond acceptors (Lipinski definition) is 0. The van der Waals surface area contributed by atoms with Gasteiger partial charge in [0.2, 0.25) is 0 Å². The highest BCUT2D eigenvalue weighted by atomic mass is 14.4. The second-order valence-corrected chi connectivity index (χ2v) is 10.1. The van der Waals surface area contributed by atoms with Crippen LogP contribution in [0.1, 0.15) is 120 Å². The van der Waals surface area contributed by atoms with E-state index in [1.54, 1.807) is 11.1 Å². The van der Waals surface area contributed by atoms with Crippen LogP contribution in [0.5, 0.6) is 0 Å². The zero-order valence-electron chi connectivity index (χ0n) is 20.6. The smallest absolute Gasteiger partial charge is 0.0203 e. The average molecular weight is 419 g/mol. The van der Waals surface area contributed by atoms with E-state index >= 15 is 0 Å². The third-order valence-corrected chi connectivity index (χ3v) is 7.71. The third kappa shape index (κ3) is 6.47. The third-order valence-electron chi connectivity index (χ3n) is 7.71. The molecule has 0 unspecified atom stereocenters. The Balaban J connectivity index is 1.80. The van der Waals surface area contributed by atoms with Crippen LogP contribution in [0.2, 0.25) is 0 Å². The van der Waals surface area contributed by atoms with E-state index in [4.69, 9.17) is 0 Å². The topological polar surface area (TPSA) is 0 Å². The van der Waals surface area contributed by atoms with Gasteiger partial charge in [-0.2, -0.15) is 0 Å². The monoisotopic (exact) mass is 418 g/mol. The zero-order chi connectivity index (χ0) is 21.9. The van der Waals surface area contributed by atoms with Gasteiger partial charge < -0.3 is 0 Å². The van der Waals surface area contributed by atoms with Crippen LogP contribution < -0.4 is 0 Å². The molecule has 0 aromatic heterocycles. The van der Waals surface area contributed by atoms with Crippen molar-refractivity contribution in [2.24, 2.45) is 5.92 Å². The fourth-order valence-corrected chi connectivity index (χ4v) is 5.87. The second-order valence-electron chi connectivity index (χ2n) is 10.1. The first kappa shape index (κ1) is 24.1. The normalized spacial score (nSPS) is 16.5. The molecule has 2 aromatic carbocycles. The van der Waals surface area contributed by atoms with Crippen LogP contribution in [0.25, 0.3) is 0 Å². The van der Waals surface area contributed by atoms with E-state index in [9.17, 15) is 0 Å². The highest BCUT2D eigenvalue weighted by Crippen LogP contribution is 2.48. The summed E-state index contributed by atoms with van der Waals surface area (Å²) in [6.45, 7) is 6.90. The fraction of sp³-hybridized carbons (Fsp3) is 0.613. The van der Waals surface area contributed by atoms with E-state index in [-0.39, 0.29) is 5.41 Å². The van der Waals surface area contributed by atoms with Crippen molar-refractivity contribution >= 4 is 0 Å². The number of unbranched alkanes of at least 4 members (excludes halogenated alkanes) is 4. The summed E-state index contributed by atoms with van der Waals surface area (Å²) in [6.07, 6.45) is 18.8. The molecule has 3 rings (SSSR count). The van der Waals surface area contributed by atoms with Crippen molar-refractivity contribution in [1.29, 1.82) is 0 Å². The Morgan fingerprint density at radius 3 is 1.74 bits per heavy atom. The van der Waals surface area contributed by atoms with Crippen molar-refractivity contribution in [3.05, 3.63) is 70.8 Å². The quantitative estimate of drug-likeness (QED) is 0.301. The van der Waals surface area contributed by atoms with Gasteiger partial charge in [-0.05, 0) is 66.7 Å². The van der Waals surface area contributed by atoms with Gasteiger partial charge in [-0.15, -0.1) is 0 Å². The van der Waals surface area contributed by atoms with Gasteiger partial charge in [-0.3, -0.25) is 0 Å². The first-order valence-corrected chi connectivity index (χ1v) is 13.4. The molecule has 0 nitrogen and oxygen atoms in total. The number of hydrogen-bond donors (Lipinski definition) is 0. The van der Waals surface area contributed by atoms with Crippen LogP contribution in [0.4, 0.5) is 0 Å². The van der Waals surface area contributed by atoms with Crippen LogP contribution in [-0.2, 0) is 18.3 Å². The summed E-state index contributed by atoms with van der Waals surface area (Å²) in [5, 5.41) is 0. The summed E-state index contributed by atoms with van der Waals surface area (Å²) in [5.41, 5.74) is 6.40. The minimum Gasteiger partial charge on any atom is -0.0654 e. The van der Waals surface area contributed by atoms with Gasteiger partial charge in [0.1, 0.15) is 0 Å². The Morgan fingerprint density at radius 1 is 0.677 bits per heavy atom. The molecule has 0 heteroatoms. The van der Waals surface area contributed by atoms with E-state index in [1.165, 1.54) is 101 Å². The summed E-state index contributed by atoms with van der Waals surface area (Å²) in [4.78, 5) is 0. The predicted octanol–water partition coefficient (Wildman–Crippen LogP) is 9.43. The van der Waals surface area contributed by atoms with E-state index in [1.807, 2.05) is 0 Å². The minimum atomic E-state index is 0.214. The van der Waals surface area contributed by atoms with E-state index < -0.39 is 0 Å². The standard InChI is InChI=1S/C31H46/c1-4-7-8-9-10-15-26-20-22-31(23-21-26,29-18-11-16-27(24-29)13-5-2)30-19-12-17-28(25-30)14-6-3/h11-12,16-19,24-26H,4-10,13-15,20-23H2,1-3H3. The molecule has 1 fully saturated rings. The zero-order valence-corrected chi connectivity index (χ0v) is 20.6. The molecule has 0 N–H and O–H groups in total. The van der Waals surface area contributed by atoms with Gasteiger partial charge in [0, 0.05) is 5.41 Å². The van der Waals surface area contributed by atoms with Crippen molar-refractivity contribution in [3.63, 3.8) is 0 Å². The minimum absolute atomic E-state index is 0.214. The Hall–Kier alpha value is -1.56. The molecule has 0 aliphatic heterocycles. The molecule has 1 saturated carbocycles. The molecule has 0 amide bonds. The number of aryl methyl sites for hydroxylation is 2. The maximum absolute atomic E-state index is 2.54. The van der Waals surface area contributed by atoms with Gasteiger partial charge in [0.15, 0.2) is 0 Å². The molecule has 0 bridgehead atoms. The first-order chi connectivity index (χ1) is 15.2. The molecule has 0 heterocycles. The summed E-state index contributed by atoms with van der Waals surface area (Å²) in [7, 11) is 0. The summed E-state index contributed by atoms with van der Waals surface area (Å²) in [5.74, 6) is 0.937. The van der Waals surface area contributed by atoms with Crippen molar-refractivity contribution in [2.45, 2.75) is 116 Å². The van der Waals surface area contributed by atoms with Crippen molar-refractivity contribution < 1.29 is 0 Å². The molecule has 0 radical (unpaired) electrons. The molecule has 170 valence electrons. The molecule has 0 atom stereocenters. The summed E-state index contributed by atoms with van der Waals surface area (Å²) in [6, 6.07) is 19.2. The number of rotatable bonds is 12. The summed E-state index contributed by atoms with van der Waals surface area (Å²) >= 11 is 0. The van der Waals surface area contributed by atoms with Crippen LogP contribution >= 0.6 is 0 Å². The van der Waals surface area contributed by atoms with Gasteiger partial charge in [0.25, 0.3) is 0 Å². The highest BCUT2D eigenvalue weighted by Gasteiger charge is 2.38. The molecular formula is C31H46. The van der Waals surface area contributed by atoms with Crippen LogP contribution in [0, 0.1) is 5.92 Å². The Bertz CT molecular complexity index is 712. The van der Waals surface area contributed by atoms with Gasteiger partial charge in [0.05, 0.1) is 0 Å². The van der Waals surface area contributed by atoms with Gasteiger partial charge in [-0.25, -0.2) is 0 Å². The van der Waals surface area contributed by atoms with E-state index in [2.05, 4.69) is 69.3 Å². The molecule has 31 heavy (non-hydrogen) atoms. The van der Waals surface area contributed by atoms with Crippen LogP contribution in [0.3, 0.4) is 0 Å². The molecular weight excluding hydrogens is 372 g/mol. The van der Waals surface area contributed by atoms with Crippen molar-refractivity contribution in [3.8, 4) is 0 Å². The maximum atomic E-state index is 2.54. The molecule has 1 aliphatic carbocycles. The van der Waals surface area contributed by atoms with Gasteiger partial charge >= 0.3 is 0 Å². The SMILES string of the molecule is CCCCCCCC1CCC(c2cccc(CCC)c2)(c2cccc(CCC)c2)CC1. The van der Waals surface area contributed by atoms with E-state index in [0.717, 1.165) is 5.92 Å².